The number of amides is 1. The smallest absolute Gasteiger partial charge is 0.264 e. The van der Waals surface area contributed by atoms with Crippen LogP contribution in [0.5, 0.6) is 0 Å². The van der Waals surface area contributed by atoms with Crippen LogP contribution in [0.25, 0.3) is 0 Å². The van der Waals surface area contributed by atoms with E-state index in [0.717, 1.165) is 0 Å². The summed E-state index contributed by atoms with van der Waals surface area (Å²) in [5.74, 6) is -0.00181. The largest absolute Gasteiger partial charge is 0.359 e. The van der Waals surface area contributed by atoms with E-state index in [-0.39, 0.29) is 11.5 Å². The third-order valence-corrected chi connectivity index (χ3v) is 2.66. The number of nitrogens with one attached hydrogen (secondary N) is 1. The minimum atomic E-state index is -0.0607. The van der Waals surface area contributed by atoms with Crippen LogP contribution in [-0.2, 0) is 11.3 Å². The number of rotatable bonds is 4. The van der Waals surface area contributed by atoms with E-state index in [2.05, 4.69) is 21.2 Å². The third kappa shape index (κ3) is 3.51. The van der Waals surface area contributed by atoms with Crippen LogP contribution < -0.4 is 10.9 Å². The first-order valence-corrected chi connectivity index (χ1v) is 5.50. The molecule has 1 N–H and O–H groups in total. The Morgan fingerprint density at radius 3 is 3.00 bits per heavy atom. The van der Waals surface area contributed by atoms with Gasteiger partial charge in [0.05, 0.1) is 4.47 Å². The molecule has 1 aromatic heterocycles. The molecule has 0 saturated carbocycles. The average Bonchev–Trinajstić information content (AvgIpc) is 2.24. The molecule has 0 saturated heterocycles. The van der Waals surface area contributed by atoms with Gasteiger partial charge in [0.1, 0.15) is 0 Å². The fourth-order valence-electron chi connectivity index (χ4n) is 1.22. The molecule has 0 radical (unpaired) electrons. The van der Waals surface area contributed by atoms with E-state index in [1.807, 2.05) is 0 Å². The third-order valence-electron chi connectivity index (χ3n) is 2.06. The number of hydrogen-bond acceptors (Lipinski definition) is 2. The van der Waals surface area contributed by atoms with Gasteiger partial charge in [-0.25, -0.2) is 0 Å². The van der Waals surface area contributed by atoms with Crippen molar-refractivity contribution in [3.8, 4) is 0 Å². The summed E-state index contributed by atoms with van der Waals surface area (Å²) in [6, 6.07) is 3.50. The molecule has 82 valence electrons. The van der Waals surface area contributed by atoms with Crippen molar-refractivity contribution in [2.24, 2.45) is 0 Å². The van der Waals surface area contributed by atoms with E-state index in [4.69, 9.17) is 0 Å². The Hall–Kier alpha value is -1.10. The molecular weight excluding hydrogens is 260 g/mol. The van der Waals surface area contributed by atoms with Crippen molar-refractivity contribution in [2.45, 2.75) is 19.4 Å². The van der Waals surface area contributed by atoms with Gasteiger partial charge in [0, 0.05) is 26.2 Å². The first kappa shape index (κ1) is 12.0. The SMILES string of the molecule is CNC(=O)CCCn1cccc(Br)c1=O. The summed E-state index contributed by atoms with van der Waals surface area (Å²) in [7, 11) is 1.60. The average molecular weight is 273 g/mol. The van der Waals surface area contributed by atoms with E-state index in [9.17, 15) is 9.59 Å². The maximum absolute atomic E-state index is 11.5. The van der Waals surface area contributed by atoms with Gasteiger partial charge < -0.3 is 9.88 Å². The molecule has 0 aliphatic rings. The summed E-state index contributed by atoms with van der Waals surface area (Å²) in [5, 5.41) is 2.54. The number of carbonyl (C=O) groups excluding carboxylic acids is 1. The lowest BCUT2D eigenvalue weighted by atomic mass is 10.3. The lowest BCUT2D eigenvalue weighted by Crippen LogP contribution is -2.22. The number of pyridine rings is 1. The Balaban J connectivity index is 2.55. The lowest BCUT2D eigenvalue weighted by molar-refractivity contribution is -0.120. The molecule has 0 aromatic carbocycles. The highest BCUT2D eigenvalue weighted by molar-refractivity contribution is 9.10. The van der Waals surface area contributed by atoms with Gasteiger partial charge in [-0.2, -0.15) is 0 Å². The summed E-state index contributed by atoms with van der Waals surface area (Å²) in [6.45, 7) is 0.561. The van der Waals surface area contributed by atoms with Crippen LogP contribution in [0.3, 0.4) is 0 Å². The Bertz CT molecular complexity index is 401. The van der Waals surface area contributed by atoms with Crippen molar-refractivity contribution in [1.82, 2.24) is 9.88 Å². The molecule has 0 aliphatic carbocycles. The van der Waals surface area contributed by atoms with Crippen molar-refractivity contribution >= 4 is 21.8 Å². The number of nitrogens with zero attached hydrogens (tertiary/aromatic N) is 1. The highest BCUT2D eigenvalue weighted by Crippen LogP contribution is 2.01. The standard InChI is InChI=1S/C10H13BrN2O2/c1-12-9(14)5-3-7-13-6-2-4-8(11)10(13)15/h2,4,6H,3,5,7H2,1H3,(H,12,14). The van der Waals surface area contributed by atoms with Crippen LogP contribution in [0.1, 0.15) is 12.8 Å². The van der Waals surface area contributed by atoms with Gasteiger partial charge in [0.15, 0.2) is 0 Å². The molecule has 5 heteroatoms. The fourth-order valence-corrected chi connectivity index (χ4v) is 1.60. The van der Waals surface area contributed by atoms with Crippen molar-refractivity contribution in [3.63, 3.8) is 0 Å². The van der Waals surface area contributed by atoms with E-state index in [0.29, 0.717) is 23.9 Å². The Labute approximate surface area is 96.4 Å². The van der Waals surface area contributed by atoms with Gasteiger partial charge in [-0.05, 0) is 34.5 Å². The molecule has 0 fully saturated rings. The maximum atomic E-state index is 11.5. The van der Waals surface area contributed by atoms with Crippen LogP contribution >= 0.6 is 15.9 Å². The highest BCUT2D eigenvalue weighted by Gasteiger charge is 2.01. The minimum absolute atomic E-state index is 0.00181. The van der Waals surface area contributed by atoms with Crippen molar-refractivity contribution < 1.29 is 4.79 Å². The monoisotopic (exact) mass is 272 g/mol. The summed E-state index contributed by atoms with van der Waals surface area (Å²) < 4.78 is 2.14. The van der Waals surface area contributed by atoms with E-state index < -0.39 is 0 Å². The van der Waals surface area contributed by atoms with Gasteiger partial charge in [-0.1, -0.05) is 0 Å². The first-order chi connectivity index (χ1) is 7.15. The lowest BCUT2D eigenvalue weighted by Gasteiger charge is -2.05. The Morgan fingerprint density at radius 1 is 1.60 bits per heavy atom. The zero-order chi connectivity index (χ0) is 11.3. The first-order valence-electron chi connectivity index (χ1n) is 4.70. The number of aryl methyl sites for hydroxylation is 1. The molecule has 0 unspecified atom stereocenters. The van der Waals surface area contributed by atoms with E-state index in [1.54, 1.807) is 29.9 Å². The summed E-state index contributed by atoms with van der Waals surface area (Å²) in [6.07, 6.45) is 2.82. The fraction of sp³-hybridized carbons (Fsp3) is 0.400. The normalized spacial score (nSPS) is 10.0. The van der Waals surface area contributed by atoms with Gasteiger partial charge >= 0.3 is 0 Å². The molecule has 1 aromatic rings. The van der Waals surface area contributed by atoms with Crippen LogP contribution in [-0.4, -0.2) is 17.5 Å². The summed E-state index contributed by atoms with van der Waals surface area (Å²) in [4.78, 5) is 22.5. The summed E-state index contributed by atoms with van der Waals surface area (Å²) >= 11 is 3.17. The van der Waals surface area contributed by atoms with Crippen LogP contribution in [0.2, 0.25) is 0 Å². The molecule has 15 heavy (non-hydrogen) atoms. The molecule has 0 atom stereocenters. The molecule has 1 amide bonds. The molecule has 0 aliphatic heterocycles. The molecule has 0 bridgehead atoms. The highest BCUT2D eigenvalue weighted by atomic mass is 79.9. The molecule has 4 nitrogen and oxygen atoms in total. The minimum Gasteiger partial charge on any atom is -0.359 e. The van der Waals surface area contributed by atoms with Crippen LogP contribution in [0.15, 0.2) is 27.6 Å². The van der Waals surface area contributed by atoms with Crippen LogP contribution in [0, 0.1) is 0 Å². The van der Waals surface area contributed by atoms with Crippen LogP contribution in [0.4, 0.5) is 0 Å². The second-order valence-electron chi connectivity index (χ2n) is 3.13. The number of carbonyl (C=O) groups is 1. The summed E-state index contributed by atoms with van der Waals surface area (Å²) in [5.41, 5.74) is -0.0607. The van der Waals surface area contributed by atoms with Gasteiger partial charge in [-0.15, -0.1) is 0 Å². The topological polar surface area (TPSA) is 51.1 Å². The zero-order valence-electron chi connectivity index (χ0n) is 8.50. The Morgan fingerprint density at radius 2 is 2.33 bits per heavy atom. The van der Waals surface area contributed by atoms with Gasteiger partial charge in [0.2, 0.25) is 5.91 Å². The number of aromatic nitrogens is 1. The predicted octanol–water partition coefficient (Wildman–Crippen LogP) is 1.14. The van der Waals surface area contributed by atoms with E-state index in [1.165, 1.54) is 0 Å². The van der Waals surface area contributed by atoms with Crippen molar-refractivity contribution in [3.05, 3.63) is 33.2 Å². The zero-order valence-corrected chi connectivity index (χ0v) is 10.1. The van der Waals surface area contributed by atoms with Crippen molar-refractivity contribution in [2.75, 3.05) is 7.05 Å². The predicted molar refractivity (Wildman–Crippen MR) is 61.7 cm³/mol. The van der Waals surface area contributed by atoms with E-state index >= 15 is 0 Å². The Kier molecular flexibility index (Phi) is 4.55. The van der Waals surface area contributed by atoms with Gasteiger partial charge in [-0.3, -0.25) is 9.59 Å². The molecule has 1 heterocycles. The number of hydrogen-bond donors (Lipinski definition) is 1. The van der Waals surface area contributed by atoms with Crippen molar-refractivity contribution in [1.29, 1.82) is 0 Å². The second-order valence-corrected chi connectivity index (χ2v) is 3.99. The number of halogens is 1. The molecule has 0 spiro atoms. The molecular formula is C10H13BrN2O2. The maximum Gasteiger partial charge on any atom is 0.264 e. The molecule has 1 rings (SSSR count). The quantitative estimate of drug-likeness (QED) is 0.894. The van der Waals surface area contributed by atoms with Gasteiger partial charge in [0.25, 0.3) is 5.56 Å². The second kappa shape index (κ2) is 5.70.